The molecule has 1 aliphatic carbocycles. The first-order valence-electron chi connectivity index (χ1n) is 8.20. The minimum atomic E-state index is -0.906. The predicted octanol–water partition coefficient (Wildman–Crippen LogP) is 3.18. The van der Waals surface area contributed by atoms with Gasteiger partial charge in [-0.1, -0.05) is 12.8 Å². The summed E-state index contributed by atoms with van der Waals surface area (Å²) in [6.45, 7) is 5.52. The van der Waals surface area contributed by atoms with Crippen LogP contribution in [-0.4, -0.2) is 34.3 Å². The Labute approximate surface area is 132 Å². The number of aliphatic hydroxyl groups is 1. The van der Waals surface area contributed by atoms with Crippen LogP contribution in [0.1, 0.15) is 50.8 Å². The monoisotopic (exact) mass is 299 g/mol. The van der Waals surface area contributed by atoms with E-state index in [4.69, 9.17) is 0 Å². The smallest absolute Gasteiger partial charge is 0.101 e. The molecule has 22 heavy (non-hydrogen) atoms. The first-order valence-corrected chi connectivity index (χ1v) is 8.20. The van der Waals surface area contributed by atoms with Crippen LogP contribution in [0.2, 0.25) is 0 Å². The Morgan fingerprint density at radius 2 is 2.05 bits per heavy atom. The lowest BCUT2D eigenvalue weighted by Gasteiger charge is -2.25. The van der Waals surface area contributed by atoms with Gasteiger partial charge in [0.05, 0.1) is 17.9 Å². The van der Waals surface area contributed by atoms with Gasteiger partial charge >= 0.3 is 0 Å². The third-order valence-corrected chi connectivity index (χ3v) is 4.50. The molecule has 2 heterocycles. The van der Waals surface area contributed by atoms with Crippen molar-refractivity contribution in [1.82, 2.24) is 9.88 Å². The van der Waals surface area contributed by atoms with Gasteiger partial charge in [-0.15, -0.1) is 0 Å². The standard InChI is InChI=1S/C18H25N3O/c1-18(2,22)17-8-7-15(11-20-17)16-13-21(10-9-19-16)12-14-5-3-4-6-14/h7-9,11,13-14,22H,3-6,10,12H2,1-2H3. The molecule has 3 rings (SSSR count). The van der Waals surface area contributed by atoms with Crippen molar-refractivity contribution in [3.8, 4) is 0 Å². The largest absolute Gasteiger partial charge is 0.384 e. The van der Waals surface area contributed by atoms with Crippen LogP contribution in [0.15, 0.2) is 29.5 Å². The highest BCUT2D eigenvalue weighted by molar-refractivity contribution is 5.76. The highest BCUT2D eigenvalue weighted by atomic mass is 16.3. The molecule has 4 heteroatoms. The van der Waals surface area contributed by atoms with Crippen LogP contribution >= 0.6 is 0 Å². The average molecular weight is 299 g/mol. The van der Waals surface area contributed by atoms with E-state index >= 15 is 0 Å². The van der Waals surface area contributed by atoms with E-state index in [2.05, 4.69) is 21.1 Å². The molecule has 4 nitrogen and oxygen atoms in total. The molecule has 0 radical (unpaired) electrons. The molecular weight excluding hydrogens is 274 g/mol. The van der Waals surface area contributed by atoms with Crippen LogP contribution in [0, 0.1) is 5.92 Å². The van der Waals surface area contributed by atoms with Crippen molar-refractivity contribution in [2.24, 2.45) is 10.9 Å². The van der Waals surface area contributed by atoms with E-state index in [1.54, 1.807) is 20.0 Å². The molecule has 0 aromatic carbocycles. The fourth-order valence-electron chi connectivity index (χ4n) is 3.21. The van der Waals surface area contributed by atoms with Gasteiger partial charge in [0.2, 0.25) is 0 Å². The number of hydrogen-bond donors (Lipinski definition) is 1. The van der Waals surface area contributed by atoms with Gasteiger partial charge in [-0.25, -0.2) is 0 Å². The zero-order chi connectivity index (χ0) is 15.6. The zero-order valence-electron chi connectivity index (χ0n) is 13.5. The summed E-state index contributed by atoms with van der Waals surface area (Å²) >= 11 is 0. The fraction of sp³-hybridized carbons (Fsp3) is 0.556. The molecule has 0 amide bonds. The van der Waals surface area contributed by atoms with Crippen molar-refractivity contribution in [3.05, 3.63) is 35.8 Å². The van der Waals surface area contributed by atoms with Crippen molar-refractivity contribution in [2.75, 3.05) is 13.1 Å². The van der Waals surface area contributed by atoms with Gasteiger partial charge < -0.3 is 10.0 Å². The van der Waals surface area contributed by atoms with Crippen molar-refractivity contribution in [2.45, 2.75) is 45.1 Å². The molecule has 0 atom stereocenters. The van der Waals surface area contributed by atoms with Gasteiger partial charge in [-0.2, -0.15) is 0 Å². The molecule has 0 saturated heterocycles. The molecule has 1 aromatic heterocycles. The minimum Gasteiger partial charge on any atom is -0.384 e. The number of pyridine rings is 1. The Morgan fingerprint density at radius 1 is 1.27 bits per heavy atom. The molecule has 0 spiro atoms. The number of aromatic nitrogens is 1. The fourth-order valence-corrected chi connectivity index (χ4v) is 3.21. The van der Waals surface area contributed by atoms with Crippen molar-refractivity contribution >= 4 is 11.9 Å². The minimum absolute atomic E-state index is 0.680. The van der Waals surface area contributed by atoms with Crippen LogP contribution in [0.25, 0.3) is 5.70 Å². The Kier molecular flexibility index (Phi) is 4.30. The molecule has 1 saturated carbocycles. The molecule has 0 unspecified atom stereocenters. The highest BCUT2D eigenvalue weighted by Gasteiger charge is 2.20. The summed E-state index contributed by atoms with van der Waals surface area (Å²) in [6, 6.07) is 3.87. The predicted molar refractivity (Wildman–Crippen MR) is 89.5 cm³/mol. The number of hydrogen-bond acceptors (Lipinski definition) is 4. The molecule has 1 aliphatic heterocycles. The van der Waals surface area contributed by atoms with Crippen LogP contribution in [0.4, 0.5) is 0 Å². The molecule has 1 N–H and O–H groups in total. The van der Waals surface area contributed by atoms with E-state index in [0.717, 1.165) is 30.3 Å². The van der Waals surface area contributed by atoms with E-state index in [1.807, 2.05) is 18.3 Å². The van der Waals surface area contributed by atoms with Gasteiger partial charge in [0, 0.05) is 30.7 Å². The maximum Gasteiger partial charge on any atom is 0.101 e. The van der Waals surface area contributed by atoms with Gasteiger partial charge in [-0.05, 0) is 44.7 Å². The average Bonchev–Trinajstić information content (AvgIpc) is 3.00. The third-order valence-electron chi connectivity index (χ3n) is 4.50. The molecule has 118 valence electrons. The maximum absolute atomic E-state index is 9.98. The van der Waals surface area contributed by atoms with Gasteiger partial charge in [0.15, 0.2) is 0 Å². The van der Waals surface area contributed by atoms with Crippen LogP contribution in [0.3, 0.4) is 0 Å². The van der Waals surface area contributed by atoms with Gasteiger partial charge in [0.1, 0.15) is 5.60 Å². The first kappa shape index (κ1) is 15.2. The quantitative estimate of drug-likeness (QED) is 0.929. The summed E-state index contributed by atoms with van der Waals surface area (Å²) in [5.74, 6) is 0.833. The summed E-state index contributed by atoms with van der Waals surface area (Å²) in [5, 5.41) is 9.98. The second kappa shape index (κ2) is 6.21. The van der Waals surface area contributed by atoms with E-state index in [1.165, 1.54) is 25.7 Å². The number of nitrogens with zero attached hydrogens (tertiary/aromatic N) is 3. The second-order valence-corrected chi connectivity index (χ2v) is 6.92. The lowest BCUT2D eigenvalue weighted by atomic mass is 10.0. The number of aliphatic imine (C=N–C) groups is 1. The van der Waals surface area contributed by atoms with E-state index in [-0.39, 0.29) is 0 Å². The highest BCUT2D eigenvalue weighted by Crippen LogP contribution is 2.27. The zero-order valence-corrected chi connectivity index (χ0v) is 13.5. The van der Waals surface area contributed by atoms with Crippen LogP contribution in [0.5, 0.6) is 0 Å². The summed E-state index contributed by atoms with van der Waals surface area (Å²) in [4.78, 5) is 11.2. The summed E-state index contributed by atoms with van der Waals surface area (Å²) in [7, 11) is 0. The van der Waals surface area contributed by atoms with Crippen molar-refractivity contribution in [3.63, 3.8) is 0 Å². The van der Waals surface area contributed by atoms with E-state index in [0.29, 0.717) is 5.69 Å². The Bertz CT molecular complexity index is 563. The SMILES string of the molecule is CC(C)(O)c1ccc(C2=CN(CC3CCCC3)CC=N2)cn1. The molecule has 0 bridgehead atoms. The summed E-state index contributed by atoms with van der Waals surface area (Å²) < 4.78 is 0. The third kappa shape index (κ3) is 3.55. The van der Waals surface area contributed by atoms with Crippen LogP contribution in [-0.2, 0) is 5.60 Å². The maximum atomic E-state index is 9.98. The Balaban J connectivity index is 1.72. The van der Waals surface area contributed by atoms with Crippen molar-refractivity contribution in [1.29, 1.82) is 0 Å². The molecule has 1 fully saturated rings. The second-order valence-electron chi connectivity index (χ2n) is 6.92. The van der Waals surface area contributed by atoms with Gasteiger partial charge in [0.25, 0.3) is 0 Å². The molecule has 1 aromatic rings. The summed E-state index contributed by atoms with van der Waals surface area (Å²) in [5.41, 5.74) is 1.73. The van der Waals surface area contributed by atoms with E-state index in [9.17, 15) is 5.11 Å². The Hall–Kier alpha value is -1.68. The molecule has 2 aliphatic rings. The van der Waals surface area contributed by atoms with E-state index < -0.39 is 5.60 Å². The number of rotatable bonds is 4. The van der Waals surface area contributed by atoms with Gasteiger partial charge in [-0.3, -0.25) is 9.98 Å². The first-order chi connectivity index (χ1) is 10.5. The van der Waals surface area contributed by atoms with Crippen LogP contribution < -0.4 is 0 Å². The lowest BCUT2D eigenvalue weighted by Crippen LogP contribution is -2.27. The Morgan fingerprint density at radius 3 is 2.68 bits per heavy atom. The topological polar surface area (TPSA) is 48.7 Å². The normalized spacial score (nSPS) is 19.6. The lowest BCUT2D eigenvalue weighted by molar-refractivity contribution is 0.0738. The summed E-state index contributed by atoms with van der Waals surface area (Å²) in [6.07, 6.45) is 11.4. The van der Waals surface area contributed by atoms with Crippen molar-refractivity contribution < 1.29 is 5.11 Å². The molecular formula is C18H25N3O.